The second-order valence-corrected chi connectivity index (χ2v) is 7.47. The molecule has 1 aromatic heterocycles. The fourth-order valence-electron chi connectivity index (χ4n) is 3.53. The molecule has 0 aromatic carbocycles. The lowest BCUT2D eigenvalue weighted by atomic mass is 9.79. The van der Waals surface area contributed by atoms with Crippen molar-refractivity contribution in [1.29, 1.82) is 0 Å². The third-order valence-electron chi connectivity index (χ3n) is 5.39. The van der Waals surface area contributed by atoms with Gasteiger partial charge in [-0.1, -0.05) is 6.42 Å². The number of halogens is 6. The van der Waals surface area contributed by atoms with Gasteiger partial charge in [0.1, 0.15) is 5.69 Å². The van der Waals surface area contributed by atoms with Crippen molar-refractivity contribution in [1.82, 2.24) is 20.0 Å². The van der Waals surface area contributed by atoms with Crippen LogP contribution in [0.4, 0.5) is 26.3 Å². The van der Waals surface area contributed by atoms with Gasteiger partial charge in [-0.25, -0.2) is 9.59 Å². The molecule has 1 aromatic rings. The number of nitrogens with one attached hydrogen (secondary N) is 1. The summed E-state index contributed by atoms with van der Waals surface area (Å²) in [5, 5.41) is 20.9. The monoisotopic (exact) mass is 490 g/mol. The maximum atomic E-state index is 12.3. The number of rotatable bonds is 1. The summed E-state index contributed by atoms with van der Waals surface area (Å²) in [4.78, 5) is 34.5. The number of aromatic amines is 1. The van der Waals surface area contributed by atoms with Gasteiger partial charge in [-0.3, -0.25) is 9.89 Å². The summed E-state index contributed by atoms with van der Waals surface area (Å²) in [6.07, 6.45) is -2.40. The number of carboxylic acids is 2. The van der Waals surface area contributed by atoms with Crippen molar-refractivity contribution in [2.24, 2.45) is 0 Å². The van der Waals surface area contributed by atoms with E-state index in [4.69, 9.17) is 19.8 Å². The molecular weight excluding hydrogens is 466 g/mol. The van der Waals surface area contributed by atoms with Crippen molar-refractivity contribution >= 4 is 17.8 Å². The Bertz CT molecular complexity index is 765. The van der Waals surface area contributed by atoms with Crippen molar-refractivity contribution in [3.05, 3.63) is 18.0 Å². The van der Waals surface area contributed by atoms with Crippen molar-refractivity contribution < 1.29 is 50.9 Å². The minimum absolute atomic E-state index is 0.0887. The summed E-state index contributed by atoms with van der Waals surface area (Å²) in [5.74, 6) is -5.43. The van der Waals surface area contributed by atoms with E-state index < -0.39 is 24.3 Å². The smallest absolute Gasteiger partial charge is 0.475 e. The van der Waals surface area contributed by atoms with Gasteiger partial charge >= 0.3 is 24.3 Å². The number of hydrogen-bond donors (Lipinski definition) is 3. The molecule has 2 aliphatic heterocycles. The molecule has 0 unspecified atom stereocenters. The molecule has 3 heterocycles. The highest BCUT2D eigenvalue weighted by Gasteiger charge is 2.41. The van der Waals surface area contributed by atoms with Crippen LogP contribution in [0, 0.1) is 0 Å². The number of carbonyl (C=O) groups is 3. The number of piperidine rings is 2. The molecule has 3 N–H and O–H groups in total. The van der Waals surface area contributed by atoms with E-state index in [2.05, 4.69) is 22.1 Å². The Morgan fingerprint density at radius 3 is 1.79 bits per heavy atom. The molecule has 188 valence electrons. The van der Waals surface area contributed by atoms with E-state index in [9.17, 15) is 31.1 Å². The molecule has 2 aliphatic rings. The third kappa shape index (κ3) is 8.55. The van der Waals surface area contributed by atoms with Crippen LogP contribution in [-0.4, -0.2) is 92.6 Å². The molecule has 0 radical (unpaired) electrons. The zero-order valence-electron chi connectivity index (χ0n) is 17.5. The quantitative estimate of drug-likeness (QED) is 0.517. The first-order valence-electron chi connectivity index (χ1n) is 9.70. The SMILES string of the molecule is CN1CCCCC12CCN(C(=O)c1ccn[nH]1)CC2.O=C(O)C(F)(F)F.O=C(O)C(F)(F)F. The Morgan fingerprint density at radius 2 is 1.42 bits per heavy atom. The average Bonchev–Trinajstić information content (AvgIpc) is 3.25. The normalized spacial score (nSPS) is 18.5. The molecule has 0 bridgehead atoms. The van der Waals surface area contributed by atoms with Gasteiger partial charge in [0.2, 0.25) is 0 Å². The number of carbonyl (C=O) groups excluding carboxylic acids is 1. The number of aliphatic carboxylic acids is 2. The minimum Gasteiger partial charge on any atom is -0.475 e. The second kappa shape index (κ2) is 11.3. The van der Waals surface area contributed by atoms with Gasteiger partial charge in [-0.05, 0) is 45.3 Å². The maximum absolute atomic E-state index is 12.3. The number of likely N-dealkylation sites (tertiary alicyclic amines) is 2. The number of alkyl halides is 6. The molecule has 3 rings (SSSR count). The van der Waals surface area contributed by atoms with E-state index in [1.807, 2.05) is 4.90 Å². The van der Waals surface area contributed by atoms with Gasteiger partial charge in [-0.15, -0.1) is 0 Å². The summed E-state index contributed by atoms with van der Waals surface area (Å²) in [7, 11) is 2.24. The number of hydrogen-bond acceptors (Lipinski definition) is 5. The van der Waals surface area contributed by atoms with E-state index in [-0.39, 0.29) is 5.91 Å². The molecule has 33 heavy (non-hydrogen) atoms. The molecule has 0 saturated carbocycles. The average molecular weight is 490 g/mol. The predicted molar refractivity (Wildman–Crippen MR) is 100 cm³/mol. The van der Waals surface area contributed by atoms with Gasteiger partial charge in [0, 0.05) is 24.8 Å². The van der Waals surface area contributed by atoms with Crippen molar-refractivity contribution in [3.8, 4) is 0 Å². The lowest BCUT2D eigenvalue weighted by Crippen LogP contribution is -2.56. The molecule has 2 saturated heterocycles. The predicted octanol–water partition coefficient (Wildman–Crippen LogP) is 2.77. The van der Waals surface area contributed by atoms with Gasteiger partial charge in [-0.2, -0.15) is 31.4 Å². The number of aromatic nitrogens is 2. The molecule has 0 aliphatic carbocycles. The first-order valence-corrected chi connectivity index (χ1v) is 9.70. The summed E-state index contributed by atoms with van der Waals surface area (Å²) in [5.41, 5.74) is 0.955. The standard InChI is InChI=1S/C14H22N4O.2C2HF3O2/c1-17-9-3-2-5-14(17)6-10-18(11-7-14)13(19)12-4-8-15-16-12;2*3-2(4,5)1(6)7/h4,8H,2-3,5-7,9-11H2,1H3,(H,15,16);2*(H,6,7). The van der Waals surface area contributed by atoms with Gasteiger partial charge in [0.15, 0.2) is 0 Å². The van der Waals surface area contributed by atoms with Gasteiger partial charge in [0.05, 0.1) is 0 Å². The van der Waals surface area contributed by atoms with Crippen LogP contribution in [0.3, 0.4) is 0 Å². The minimum atomic E-state index is -5.08. The molecule has 2 fully saturated rings. The number of nitrogens with zero attached hydrogens (tertiary/aromatic N) is 3. The fraction of sp³-hybridized carbons (Fsp3) is 0.667. The molecule has 1 spiro atoms. The molecule has 15 heteroatoms. The zero-order valence-corrected chi connectivity index (χ0v) is 17.5. The largest absolute Gasteiger partial charge is 0.490 e. The van der Waals surface area contributed by atoms with Crippen molar-refractivity contribution in [3.63, 3.8) is 0 Å². The summed E-state index contributed by atoms with van der Waals surface area (Å²) in [6.45, 7) is 2.93. The van der Waals surface area contributed by atoms with Gasteiger partial charge in [0.25, 0.3) is 5.91 Å². The third-order valence-corrected chi connectivity index (χ3v) is 5.39. The first kappa shape index (κ1) is 28.2. The Labute approximate surface area is 184 Å². The highest BCUT2D eigenvalue weighted by atomic mass is 19.4. The van der Waals surface area contributed by atoms with Crippen molar-refractivity contribution in [2.75, 3.05) is 26.7 Å². The van der Waals surface area contributed by atoms with Crippen LogP contribution < -0.4 is 0 Å². The lowest BCUT2D eigenvalue weighted by Gasteiger charge is -2.50. The summed E-state index contributed by atoms with van der Waals surface area (Å²) in [6, 6.07) is 1.75. The Kier molecular flexibility index (Phi) is 9.69. The van der Waals surface area contributed by atoms with Crippen LogP contribution >= 0.6 is 0 Å². The number of carboxylic acid groups (broad SMARTS) is 2. The highest BCUT2D eigenvalue weighted by molar-refractivity contribution is 5.92. The first-order chi connectivity index (χ1) is 15.1. The van der Waals surface area contributed by atoms with E-state index in [1.54, 1.807) is 12.3 Å². The fourth-order valence-corrected chi connectivity index (χ4v) is 3.53. The maximum Gasteiger partial charge on any atom is 0.490 e. The summed E-state index contributed by atoms with van der Waals surface area (Å²) < 4.78 is 63.5. The molecule has 1 amide bonds. The number of H-pyrrole nitrogens is 1. The Balaban J connectivity index is 0.000000324. The number of amides is 1. The van der Waals surface area contributed by atoms with Gasteiger partial charge < -0.3 is 20.0 Å². The van der Waals surface area contributed by atoms with E-state index in [0.717, 1.165) is 25.9 Å². The molecule has 0 atom stereocenters. The Hall–Kier alpha value is -2.84. The second-order valence-electron chi connectivity index (χ2n) is 7.47. The van der Waals surface area contributed by atoms with E-state index >= 15 is 0 Å². The van der Waals surface area contributed by atoms with E-state index in [1.165, 1.54) is 25.8 Å². The van der Waals surface area contributed by atoms with E-state index in [0.29, 0.717) is 11.2 Å². The van der Waals surface area contributed by atoms with Crippen LogP contribution in [0.1, 0.15) is 42.6 Å². The van der Waals surface area contributed by atoms with Crippen molar-refractivity contribution in [2.45, 2.75) is 50.0 Å². The highest BCUT2D eigenvalue weighted by Crippen LogP contribution is 2.36. The lowest BCUT2D eigenvalue weighted by molar-refractivity contribution is -0.193. The van der Waals surface area contributed by atoms with Crippen LogP contribution in [0.5, 0.6) is 0 Å². The van der Waals surface area contributed by atoms with Crippen LogP contribution in [0.2, 0.25) is 0 Å². The topological polar surface area (TPSA) is 127 Å². The molecule has 9 nitrogen and oxygen atoms in total. The van der Waals surface area contributed by atoms with Crippen LogP contribution in [0.25, 0.3) is 0 Å². The zero-order chi connectivity index (χ0) is 25.4. The molecular formula is C18H24F6N4O5. The van der Waals surface area contributed by atoms with Crippen LogP contribution in [0.15, 0.2) is 12.3 Å². The Morgan fingerprint density at radius 1 is 0.939 bits per heavy atom. The van der Waals surface area contributed by atoms with Crippen LogP contribution in [-0.2, 0) is 9.59 Å². The summed E-state index contributed by atoms with van der Waals surface area (Å²) >= 11 is 0.